The van der Waals surface area contributed by atoms with Crippen LogP contribution in [0.5, 0.6) is 0 Å². The van der Waals surface area contributed by atoms with Crippen molar-refractivity contribution in [2.75, 3.05) is 0 Å². The highest BCUT2D eigenvalue weighted by atomic mass is 35.5. The van der Waals surface area contributed by atoms with E-state index in [0.717, 1.165) is 18.4 Å². The molecule has 21 heavy (non-hydrogen) atoms. The quantitative estimate of drug-likeness (QED) is 0.891. The zero-order valence-corrected chi connectivity index (χ0v) is 14.3. The van der Waals surface area contributed by atoms with Gasteiger partial charge < -0.3 is 5.73 Å². The smallest absolute Gasteiger partial charge is 0.241 e. The van der Waals surface area contributed by atoms with E-state index in [0.29, 0.717) is 22.4 Å². The van der Waals surface area contributed by atoms with Crippen LogP contribution in [0.15, 0.2) is 17.0 Å². The fourth-order valence-corrected chi connectivity index (χ4v) is 4.97. The number of hydrogen-bond donors (Lipinski definition) is 2. The summed E-state index contributed by atoms with van der Waals surface area (Å²) in [5.74, 6) is 0.881. The van der Waals surface area contributed by atoms with Crippen molar-refractivity contribution in [2.45, 2.75) is 51.1 Å². The Labute approximate surface area is 132 Å². The lowest BCUT2D eigenvalue weighted by atomic mass is 9.98. The first-order valence-corrected chi connectivity index (χ1v) is 9.13. The SMILES string of the molecule is Cc1c(CN)cc(Cl)cc1S(=O)(=O)NC1CCC(C)C1C. The largest absolute Gasteiger partial charge is 0.326 e. The molecule has 0 aromatic heterocycles. The molecule has 4 nitrogen and oxygen atoms in total. The molecule has 118 valence electrons. The molecule has 0 amide bonds. The summed E-state index contributed by atoms with van der Waals surface area (Å²) < 4.78 is 28.2. The van der Waals surface area contributed by atoms with Crippen molar-refractivity contribution in [3.8, 4) is 0 Å². The molecule has 0 heterocycles. The Bertz CT molecular complexity index is 631. The minimum absolute atomic E-state index is 0.00953. The van der Waals surface area contributed by atoms with E-state index in [4.69, 9.17) is 17.3 Å². The van der Waals surface area contributed by atoms with Gasteiger partial charge in [-0.1, -0.05) is 25.4 Å². The Morgan fingerprint density at radius 3 is 2.52 bits per heavy atom. The lowest BCUT2D eigenvalue weighted by Gasteiger charge is -2.21. The van der Waals surface area contributed by atoms with Gasteiger partial charge in [-0.15, -0.1) is 0 Å². The van der Waals surface area contributed by atoms with Gasteiger partial charge in [-0.25, -0.2) is 13.1 Å². The second-order valence-corrected chi connectivity index (χ2v) is 8.15. The summed E-state index contributed by atoms with van der Waals surface area (Å²) >= 11 is 6.03. The van der Waals surface area contributed by atoms with Crippen LogP contribution in [0.2, 0.25) is 5.02 Å². The third-order valence-corrected chi connectivity index (χ3v) is 6.55. The second-order valence-electron chi connectivity index (χ2n) is 6.03. The Kier molecular flexibility index (Phi) is 4.98. The Balaban J connectivity index is 2.34. The summed E-state index contributed by atoms with van der Waals surface area (Å²) in [6.07, 6.45) is 1.93. The summed E-state index contributed by atoms with van der Waals surface area (Å²) in [5.41, 5.74) is 7.10. The first kappa shape index (κ1) is 16.7. The highest BCUT2D eigenvalue weighted by Crippen LogP contribution is 2.33. The summed E-state index contributed by atoms with van der Waals surface area (Å²) in [4.78, 5) is 0.238. The maximum absolute atomic E-state index is 12.7. The van der Waals surface area contributed by atoms with E-state index in [1.807, 2.05) is 0 Å². The van der Waals surface area contributed by atoms with Crippen LogP contribution in [0.1, 0.15) is 37.8 Å². The van der Waals surface area contributed by atoms with Crippen molar-refractivity contribution in [3.63, 3.8) is 0 Å². The molecule has 0 spiro atoms. The van der Waals surface area contributed by atoms with E-state index >= 15 is 0 Å². The molecule has 3 unspecified atom stereocenters. The van der Waals surface area contributed by atoms with Gasteiger partial charge >= 0.3 is 0 Å². The van der Waals surface area contributed by atoms with Gasteiger partial charge in [0.25, 0.3) is 0 Å². The number of nitrogens with two attached hydrogens (primary N) is 1. The van der Waals surface area contributed by atoms with Gasteiger partial charge in [0.15, 0.2) is 0 Å². The number of hydrogen-bond acceptors (Lipinski definition) is 3. The Morgan fingerprint density at radius 1 is 1.33 bits per heavy atom. The van der Waals surface area contributed by atoms with Crippen molar-refractivity contribution >= 4 is 21.6 Å². The Morgan fingerprint density at radius 2 is 2.00 bits per heavy atom. The predicted octanol–water partition coefficient (Wildman–Crippen LogP) is 2.82. The van der Waals surface area contributed by atoms with Crippen molar-refractivity contribution in [2.24, 2.45) is 17.6 Å². The number of halogens is 1. The fourth-order valence-electron chi connectivity index (χ4n) is 2.99. The number of rotatable bonds is 4. The highest BCUT2D eigenvalue weighted by Gasteiger charge is 2.33. The third kappa shape index (κ3) is 3.42. The van der Waals surface area contributed by atoms with E-state index in [-0.39, 0.29) is 17.5 Å². The lowest BCUT2D eigenvalue weighted by molar-refractivity contribution is 0.402. The average Bonchev–Trinajstić information content (AvgIpc) is 2.72. The zero-order chi connectivity index (χ0) is 15.8. The standard InChI is InChI=1S/C15H23ClN2O2S/c1-9-4-5-14(10(9)2)18-21(19,20)15-7-13(16)6-12(8-17)11(15)3/h6-7,9-10,14,18H,4-5,8,17H2,1-3H3. The van der Waals surface area contributed by atoms with Crippen molar-refractivity contribution in [3.05, 3.63) is 28.3 Å². The van der Waals surface area contributed by atoms with E-state index in [1.165, 1.54) is 6.07 Å². The van der Waals surface area contributed by atoms with Gasteiger partial charge in [0, 0.05) is 17.6 Å². The van der Waals surface area contributed by atoms with Crippen molar-refractivity contribution < 1.29 is 8.42 Å². The van der Waals surface area contributed by atoms with Gasteiger partial charge in [0.1, 0.15) is 0 Å². The van der Waals surface area contributed by atoms with Crippen molar-refractivity contribution in [1.82, 2.24) is 4.72 Å². The van der Waals surface area contributed by atoms with Crippen molar-refractivity contribution in [1.29, 1.82) is 0 Å². The predicted molar refractivity (Wildman–Crippen MR) is 85.8 cm³/mol. The molecule has 3 atom stereocenters. The van der Waals surface area contributed by atoms with Crippen LogP contribution in [0, 0.1) is 18.8 Å². The highest BCUT2D eigenvalue weighted by molar-refractivity contribution is 7.89. The van der Waals surface area contributed by atoms with Crippen LogP contribution in [0.4, 0.5) is 0 Å². The molecule has 0 saturated heterocycles. The normalized spacial score (nSPS) is 26.2. The topological polar surface area (TPSA) is 72.2 Å². The van der Waals surface area contributed by atoms with E-state index in [1.54, 1.807) is 13.0 Å². The molecule has 1 aromatic rings. The first-order chi connectivity index (χ1) is 9.76. The van der Waals surface area contributed by atoms with Crippen LogP contribution >= 0.6 is 11.6 Å². The summed E-state index contributed by atoms with van der Waals surface area (Å²) in [6, 6.07) is 3.21. The molecule has 1 aliphatic rings. The van der Waals surface area contributed by atoms with E-state index in [2.05, 4.69) is 18.6 Å². The molecule has 6 heteroatoms. The zero-order valence-electron chi connectivity index (χ0n) is 12.7. The van der Waals surface area contributed by atoms with Gasteiger partial charge in [0.2, 0.25) is 10.0 Å². The molecular weight excluding hydrogens is 308 g/mol. The van der Waals surface area contributed by atoms with Gasteiger partial charge in [0.05, 0.1) is 4.90 Å². The van der Waals surface area contributed by atoms with Gasteiger partial charge in [-0.05, 0) is 54.9 Å². The van der Waals surface area contributed by atoms with Crippen LogP contribution in [0.25, 0.3) is 0 Å². The molecule has 1 aliphatic carbocycles. The minimum Gasteiger partial charge on any atom is -0.326 e. The Hall–Kier alpha value is -0.620. The summed E-state index contributed by atoms with van der Waals surface area (Å²) in [7, 11) is -3.58. The summed E-state index contributed by atoms with van der Waals surface area (Å²) in [5, 5.41) is 0.397. The molecule has 1 aromatic carbocycles. The monoisotopic (exact) mass is 330 g/mol. The molecule has 1 saturated carbocycles. The molecular formula is C15H23ClN2O2S. The average molecular weight is 331 g/mol. The van der Waals surface area contributed by atoms with Crippen LogP contribution in [-0.2, 0) is 16.6 Å². The minimum atomic E-state index is -3.58. The molecule has 0 aliphatic heterocycles. The summed E-state index contributed by atoms with van der Waals surface area (Å²) in [6.45, 7) is 6.30. The third-order valence-electron chi connectivity index (χ3n) is 4.71. The van der Waals surface area contributed by atoms with Gasteiger partial charge in [-0.3, -0.25) is 0 Å². The van der Waals surface area contributed by atoms with Crippen LogP contribution in [0.3, 0.4) is 0 Å². The van der Waals surface area contributed by atoms with E-state index < -0.39 is 10.0 Å². The van der Waals surface area contributed by atoms with Crippen LogP contribution < -0.4 is 10.5 Å². The molecule has 2 rings (SSSR count). The molecule has 0 radical (unpaired) electrons. The first-order valence-electron chi connectivity index (χ1n) is 7.27. The van der Waals surface area contributed by atoms with Gasteiger partial charge in [-0.2, -0.15) is 0 Å². The number of nitrogens with one attached hydrogen (secondary N) is 1. The fraction of sp³-hybridized carbons (Fsp3) is 0.600. The maximum Gasteiger partial charge on any atom is 0.241 e. The van der Waals surface area contributed by atoms with E-state index in [9.17, 15) is 8.42 Å². The second kappa shape index (κ2) is 6.24. The molecule has 3 N–H and O–H groups in total. The molecule has 1 fully saturated rings. The lowest BCUT2D eigenvalue weighted by Crippen LogP contribution is -2.37. The maximum atomic E-state index is 12.7. The van der Waals surface area contributed by atoms with Crippen LogP contribution in [-0.4, -0.2) is 14.5 Å². The molecule has 0 bridgehead atoms. The number of benzene rings is 1. The number of sulfonamides is 1.